The third kappa shape index (κ3) is 5.12. The molecule has 0 aromatic heterocycles. The van der Waals surface area contributed by atoms with Crippen LogP contribution in [0.25, 0.3) is 0 Å². The number of rotatable bonds is 8. The molecular formula is C18H24N2O. The summed E-state index contributed by atoms with van der Waals surface area (Å²) in [6.07, 6.45) is 2.25. The van der Waals surface area contributed by atoms with Crippen molar-refractivity contribution in [3.8, 4) is 5.75 Å². The largest absolute Gasteiger partial charge is 0.493 e. The number of hydrogen-bond donors (Lipinski definition) is 2. The van der Waals surface area contributed by atoms with Crippen molar-refractivity contribution in [2.24, 2.45) is 0 Å². The van der Waals surface area contributed by atoms with Gasteiger partial charge < -0.3 is 10.2 Å². The van der Waals surface area contributed by atoms with E-state index in [1.807, 2.05) is 30.3 Å². The zero-order chi connectivity index (χ0) is 14.9. The molecule has 0 bridgehead atoms. The van der Waals surface area contributed by atoms with Gasteiger partial charge in [-0.05, 0) is 42.7 Å². The summed E-state index contributed by atoms with van der Waals surface area (Å²) in [4.78, 5) is 0. The van der Waals surface area contributed by atoms with Crippen LogP contribution in [-0.4, -0.2) is 6.61 Å². The molecule has 0 radical (unpaired) electrons. The van der Waals surface area contributed by atoms with E-state index >= 15 is 0 Å². The first-order chi connectivity index (χ1) is 10.3. The Morgan fingerprint density at radius 3 is 2.62 bits per heavy atom. The number of para-hydroxylation sites is 1. The Bertz CT molecular complexity index is 540. The number of benzene rings is 2. The first-order valence-corrected chi connectivity index (χ1v) is 7.56. The fourth-order valence-electron chi connectivity index (χ4n) is 2.01. The smallest absolute Gasteiger partial charge is 0.122 e. The molecule has 3 nitrogen and oxygen atoms in total. The molecule has 0 saturated carbocycles. The normalized spacial score (nSPS) is 10.4. The Labute approximate surface area is 127 Å². The second-order valence-corrected chi connectivity index (χ2v) is 5.15. The lowest BCUT2D eigenvalue weighted by Crippen LogP contribution is -2.20. The van der Waals surface area contributed by atoms with Crippen molar-refractivity contribution in [1.29, 1.82) is 0 Å². The number of hydrogen-bond acceptors (Lipinski definition) is 3. The highest BCUT2D eigenvalue weighted by molar-refractivity contribution is 5.41. The Morgan fingerprint density at radius 1 is 1.05 bits per heavy atom. The zero-order valence-electron chi connectivity index (χ0n) is 12.9. The summed E-state index contributed by atoms with van der Waals surface area (Å²) in [6.45, 7) is 5.79. The highest BCUT2D eigenvalue weighted by atomic mass is 16.5. The minimum Gasteiger partial charge on any atom is -0.493 e. The van der Waals surface area contributed by atoms with E-state index in [1.165, 1.54) is 11.1 Å². The molecule has 3 heteroatoms. The van der Waals surface area contributed by atoms with Crippen molar-refractivity contribution >= 4 is 5.69 Å². The lowest BCUT2D eigenvalue weighted by Gasteiger charge is -2.12. The summed E-state index contributed by atoms with van der Waals surface area (Å²) in [5.74, 6) is 0.988. The molecule has 0 fully saturated rings. The first kappa shape index (κ1) is 15.4. The molecule has 0 unspecified atom stereocenters. The maximum atomic E-state index is 5.83. The summed E-state index contributed by atoms with van der Waals surface area (Å²) in [7, 11) is 0. The number of aryl methyl sites for hydroxylation is 1. The van der Waals surface area contributed by atoms with Gasteiger partial charge in [-0.2, -0.15) is 0 Å². The van der Waals surface area contributed by atoms with Gasteiger partial charge in [0, 0.05) is 12.2 Å². The van der Waals surface area contributed by atoms with Gasteiger partial charge in [0.15, 0.2) is 0 Å². The molecule has 2 aromatic carbocycles. The van der Waals surface area contributed by atoms with E-state index in [4.69, 9.17) is 4.74 Å². The van der Waals surface area contributed by atoms with Gasteiger partial charge in [-0.25, -0.2) is 5.43 Å². The Balaban J connectivity index is 1.86. The lowest BCUT2D eigenvalue weighted by molar-refractivity contribution is 0.307. The Hall–Kier alpha value is -2.00. The van der Waals surface area contributed by atoms with Crippen LogP contribution in [-0.2, 0) is 6.54 Å². The average molecular weight is 284 g/mol. The molecule has 0 amide bonds. The van der Waals surface area contributed by atoms with Crippen LogP contribution in [0.2, 0.25) is 0 Å². The molecule has 2 rings (SSSR count). The molecule has 2 aromatic rings. The maximum Gasteiger partial charge on any atom is 0.122 e. The Morgan fingerprint density at radius 2 is 1.86 bits per heavy atom. The van der Waals surface area contributed by atoms with Gasteiger partial charge in [-0.1, -0.05) is 43.7 Å². The summed E-state index contributed by atoms with van der Waals surface area (Å²) in [5, 5.41) is 0. The van der Waals surface area contributed by atoms with Gasteiger partial charge in [0.05, 0.1) is 6.61 Å². The maximum absolute atomic E-state index is 5.83. The Kier molecular flexibility index (Phi) is 6.10. The molecule has 21 heavy (non-hydrogen) atoms. The molecule has 0 saturated heterocycles. The SMILES string of the molecule is CCCCOc1cc(CNNc2ccccc2)ccc1C. The predicted molar refractivity (Wildman–Crippen MR) is 88.5 cm³/mol. The van der Waals surface area contributed by atoms with E-state index in [0.717, 1.165) is 37.4 Å². The van der Waals surface area contributed by atoms with Crippen molar-refractivity contribution in [3.63, 3.8) is 0 Å². The molecule has 0 aliphatic rings. The van der Waals surface area contributed by atoms with E-state index in [9.17, 15) is 0 Å². The molecular weight excluding hydrogens is 260 g/mol. The number of hydrazine groups is 1. The molecule has 2 N–H and O–H groups in total. The highest BCUT2D eigenvalue weighted by Gasteiger charge is 2.01. The minimum atomic E-state index is 0.749. The van der Waals surface area contributed by atoms with Crippen LogP contribution in [0.4, 0.5) is 5.69 Å². The number of unbranched alkanes of at least 4 members (excludes halogenated alkanes) is 1. The molecule has 112 valence electrons. The van der Waals surface area contributed by atoms with Crippen molar-refractivity contribution in [2.75, 3.05) is 12.0 Å². The standard InChI is InChI=1S/C18H24N2O/c1-3-4-12-21-18-13-16(11-10-15(18)2)14-19-20-17-8-6-5-7-9-17/h5-11,13,19-20H,3-4,12,14H2,1-2H3. The number of anilines is 1. The van der Waals surface area contributed by atoms with Crippen LogP contribution in [0.15, 0.2) is 48.5 Å². The molecule has 0 spiro atoms. The fourth-order valence-corrected chi connectivity index (χ4v) is 2.01. The van der Waals surface area contributed by atoms with Gasteiger partial charge in [0.2, 0.25) is 0 Å². The minimum absolute atomic E-state index is 0.749. The van der Waals surface area contributed by atoms with E-state index in [-0.39, 0.29) is 0 Å². The quantitative estimate of drug-likeness (QED) is 0.560. The third-order valence-electron chi connectivity index (χ3n) is 3.31. The van der Waals surface area contributed by atoms with Crippen LogP contribution < -0.4 is 15.6 Å². The summed E-state index contributed by atoms with van der Waals surface area (Å²) >= 11 is 0. The first-order valence-electron chi connectivity index (χ1n) is 7.56. The van der Waals surface area contributed by atoms with Crippen molar-refractivity contribution in [3.05, 3.63) is 59.7 Å². The van der Waals surface area contributed by atoms with E-state index in [2.05, 4.69) is 42.9 Å². The number of ether oxygens (including phenoxy) is 1. The summed E-state index contributed by atoms with van der Waals surface area (Å²) in [5.41, 5.74) is 9.86. The topological polar surface area (TPSA) is 33.3 Å². The number of nitrogens with one attached hydrogen (secondary N) is 2. The van der Waals surface area contributed by atoms with Crippen LogP contribution >= 0.6 is 0 Å². The summed E-state index contributed by atoms with van der Waals surface area (Å²) < 4.78 is 5.83. The molecule has 0 aliphatic heterocycles. The van der Waals surface area contributed by atoms with Crippen LogP contribution in [0.1, 0.15) is 30.9 Å². The summed E-state index contributed by atoms with van der Waals surface area (Å²) in [6, 6.07) is 16.4. The zero-order valence-corrected chi connectivity index (χ0v) is 12.9. The van der Waals surface area contributed by atoms with Gasteiger partial charge in [-0.15, -0.1) is 0 Å². The van der Waals surface area contributed by atoms with Crippen LogP contribution in [0.5, 0.6) is 5.75 Å². The van der Waals surface area contributed by atoms with Gasteiger partial charge in [-0.3, -0.25) is 0 Å². The second kappa shape index (κ2) is 8.32. The van der Waals surface area contributed by atoms with E-state index in [0.29, 0.717) is 0 Å². The lowest BCUT2D eigenvalue weighted by atomic mass is 10.1. The monoisotopic (exact) mass is 284 g/mol. The van der Waals surface area contributed by atoms with Crippen molar-refractivity contribution in [2.45, 2.75) is 33.2 Å². The molecule has 0 atom stereocenters. The molecule has 0 heterocycles. The van der Waals surface area contributed by atoms with Gasteiger partial charge in [0.25, 0.3) is 0 Å². The van der Waals surface area contributed by atoms with Crippen molar-refractivity contribution < 1.29 is 4.74 Å². The van der Waals surface area contributed by atoms with E-state index in [1.54, 1.807) is 0 Å². The van der Waals surface area contributed by atoms with Gasteiger partial charge in [0.1, 0.15) is 5.75 Å². The van der Waals surface area contributed by atoms with E-state index < -0.39 is 0 Å². The predicted octanol–water partition coefficient (Wildman–Crippen LogP) is 4.29. The highest BCUT2D eigenvalue weighted by Crippen LogP contribution is 2.20. The molecule has 0 aliphatic carbocycles. The second-order valence-electron chi connectivity index (χ2n) is 5.15. The van der Waals surface area contributed by atoms with Crippen molar-refractivity contribution in [1.82, 2.24) is 5.43 Å². The fraction of sp³-hybridized carbons (Fsp3) is 0.333. The third-order valence-corrected chi connectivity index (χ3v) is 3.31. The van der Waals surface area contributed by atoms with Crippen LogP contribution in [0.3, 0.4) is 0 Å². The average Bonchev–Trinajstić information content (AvgIpc) is 2.51. The van der Waals surface area contributed by atoms with Gasteiger partial charge >= 0.3 is 0 Å². The van der Waals surface area contributed by atoms with Crippen LogP contribution in [0, 0.1) is 6.92 Å².